The molecule has 5 heteroatoms. The van der Waals surface area contributed by atoms with Gasteiger partial charge in [0.15, 0.2) is 0 Å². The molecule has 0 aliphatic carbocycles. The van der Waals surface area contributed by atoms with Crippen molar-refractivity contribution in [1.29, 1.82) is 0 Å². The number of carboxylic acids is 1. The van der Waals surface area contributed by atoms with Gasteiger partial charge in [0.05, 0.1) is 6.10 Å². The number of nitrogens with zero attached hydrogens (tertiary/aromatic N) is 1. The summed E-state index contributed by atoms with van der Waals surface area (Å²) in [6.07, 6.45) is 2.30. The summed E-state index contributed by atoms with van der Waals surface area (Å²) in [6.45, 7) is 4.37. The number of ether oxygens (including phenoxy) is 1. The zero-order valence-corrected chi connectivity index (χ0v) is 12.4. The molecule has 0 unspecified atom stereocenters. The van der Waals surface area contributed by atoms with Gasteiger partial charge in [0.2, 0.25) is 0 Å². The smallest absolute Gasteiger partial charge is 0.326 e. The molecule has 0 bridgehead atoms. The van der Waals surface area contributed by atoms with Gasteiger partial charge in [-0.1, -0.05) is 0 Å². The van der Waals surface area contributed by atoms with Crippen LogP contribution in [0.5, 0.6) is 5.75 Å². The largest absolute Gasteiger partial charge is 0.491 e. The Morgan fingerprint density at radius 3 is 2.48 bits per heavy atom. The van der Waals surface area contributed by atoms with Gasteiger partial charge in [-0.05, 0) is 57.4 Å². The van der Waals surface area contributed by atoms with E-state index in [1.807, 2.05) is 13.8 Å². The van der Waals surface area contributed by atoms with Crippen molar-refractivity contribution in [2.24, 2.45) is 0 Å². The van der Waals surface area contributed by atoms with Crippen molar-refractivity contribution in [3.8, 4) is 5.75 Å². The average molecular weight is 291 g/mol. The monoisotopic (exact) mass is 291 g/mol. The van der Waals surface area contributed by atoms with E-state index in [-0.39, 0.29) is 12.0 Å². The number of carboxylic acid groups (broad SMARTS) is 1. The molecule has 0 spiro atoms. The van der Waals surface area contributed by atoms with Crippen molar-refractivity contribution in [3.05, 3.63) is 29.8 Å². The maximum absolute atomic E-state index is 12.5. The lowest BCUT2D eigenvalue weighted by Gasteiger charge is -2.33. The number of piperidine rings is 1. The molecule has 0 aromatic heterocycles. The number of benzene rings is 1. The second kappa shape index (κ2) is 6.61. The maximum atomic E-state index is 12.5. The highest BCUT2D eigenvalue weighted by molar-refractivity contribution is 5.96. The van der Waals surface area contributed by atoms with Crippen molar-refractivity contribution in [1.82, 2.24) is 4.90 Å². The number of hydrogen-bond donors (Lipinski definition) is 1. The summed E-state index contributed by atoms with van der Waals surface area (Å²) < 4.78 is 5.53. The van der Waals surface area contributed by atoms with Gasteiger partial charge in [0, 0.05) is 12.1 Å². The minimum absolute atomic E-state index is 0.0741. The van der Waals surface area contributed by atoms with E-state index in [1.54, 1.807) is 24.3 Å². The second-order valence-electron chi connectivity index (χ2n) is 5.54. The first-order valence-corrected chi connectivity index (χ1v) is 7.29. The fourth-order valence-electron chi connectivity index (χ4n) is 2.55. The van der Waals surface area contributed by atoms with Crippen LogP contribution in [0.3, 0.4) is 0 Å². The number of rotatable bonds is 4. The van der Waals surface area contributed by atoms with Gasteiger partial charge < -0.3 is 14.7 Å². The van der Waals surface area contributed by atoms with Gasteiger partial charge in [0.25, 0.3) is 5.91 Å². The van der Waals surface area contributed by atoms with E-state index >= 15 is 0 Å². The predicted molar refractivity (Wildman–Crippen MR) is 78.5 cm³/mol. The summed E-state index contributed by atoms with van der Waals surface area (Å²) in [6, 6.07) is 6.15. The highest BCUT2D eigenvalue weighted by Crippen LogP contribution is 2.21. The normalized spacial score (nSPS) is 18.6. The summed E-state index contributed by atoms with van der Waals surface area (Å²) in [5.41, 5.74) is 0.499. The van der Waals surface area contributed by atoms with E-state index in [2.05, 4.69) is 0 Å². The molecule has 0 saturated carbocycles. The van der Waals surface area contributed by atoms with Crippen LogP contribution in [-0.4, -0.2) is 40.6 Å². The molecule has 1 aliphatic heterocycles. The van der Waals surface area contributed by atoms with Crippen molar-refractivity contribution in [2.45, 2.75) is 45.3 Å². The molecular formula is C16H21NO4. The fourth-order valence-corrected chi connectivity index (χ4v) is 2.55. The van der Waals surface area contributed by atoms with Crippen molar-refractivity contribution >= 4 is 11.9 Å². The molecule has 21 heavy (non-hydrogen) atoms. The highest BCUT2D eigenvalue weighted by atomic mass is 16.5. The molecular weight excluding hydrogens is 270 g/mol. The molecule has 0 radical (unpaired) electrons. The molecule has 1 atom stereocenters. The zero-order chi connectivity index (χ0) is 15.4. The molecule has 1 aromatic carbocycles. The Bertz CT molecular complexity index is 510. The number of carbonyl (C=O) groups excluding carboxylic acids is 1. The molecule has 1 amide bonds. The van der Waals surface area contributed by atoms with E-state index < -0.39 is 12.0 Å². The SMILES string of the molecule is CC(C)Oc1ccc(C(=O)N2CCCC[C@@H]2C(=O)O)cc1. The van der Waals surface area contributed by atoms with Crippen LogP contribution in [0.1, 0.15) is 43.5 Å². The molecule has 2 rings (SSSR count). The quantitative estimate of drug-likeness (QED) is 0.925. The maximum Gasteiger partial charge on any atom is 0.326 e. The Balaban J connectivity index is 2.12. The molecule has 1 heterocycles. The van der Waals surface area contributed by atoms with Crippen molar-refractivity contribution in [3.63, 3.8) is 0 Å². The lowest BCUT2D eigenvalue weighted by Crippen LogP contribution is -2.47. The van der Waals surface area contributed by atoms with Gasteiger partial charge in [-0.15, -0.1) is 0 Å². The van der Waals surface area contributed by atoms with Gasteiger partial charge in [-0.2, -0.15) is 0 Å². The van der Waals surface area contributed by atoms with E-state index in [0.717, 1.165) is 12.8 Å². The minimum Gasteiger partial charge on any atom is -0.491 e. The van der Waals surface area contributed by atoms with E-state index in [4.69, 9.17) is 4.74 Å². The summed E-state index contributed by atoms with van der Waals surface area (Å²) in [5.74, 6) is -0.448. The third-order valence-corrected chi connectivity index (χ3v) is 3.52. The molecule has 1 aliphatic rings. The predicted octanol–water partition coefficient (Wildman–Crippen LogP) is 2.55. The molecule has 1 aromatic rings. The van der Waals surface area contributed by atoms with Crippen molar-refractivity contribution in [2.75, 3.05) is 6.54 Å². The number of likely N-dealkylation sites (tertiary alicyclic amines) is 1. The van der Waals surface area contributed by atoms with Crippen LogP contribution < -0.4 is 4.74 Å². The molecule has 1 fully saturated rings. The fraction of sp³-hybridized carbons (Fsp3) is 0.500. The van der Waals surface area contributed by atoms with Crippen LogP contribution in [0.4, 0.5) is 0 Å². The summed E-state index contributed by atoms with van der Waals surface area (Å²) in [5, 5.41) is 9.23. The number of aliphatic carboxylic acids is 1. The Hall–Kier alpha value is -2.04. The average Bonchev–Trinajstić information content (AvgIpc) is 2.46. The lowest BCUT2D eigenvalue weighted by atomic mass is 10.0. The van der Waals surface area contributed by atoms with Crippen molar-refractivity contribution < 1.29 is 19.4 Å². The zero-order valence-electron chi connectivity index (χ0n) is 12.4. The first-order chi connectivity index (χ1) is 9.99. The van der Waals surface area contributed by atoms with Crippen LogP contribution in [-0.2, 0) is 4.79 Å². The van der Waals surface area contributed by atoms with Gasteiger partial charge in [-0.3, -0.25) is 4.79 Å². The highest BCUT2D eigenvalue weighted by Gasteiger charge is 2.32. The number of hydrogen-bond acceptors (Lipinski definition) is 3. The topological polar surface area (TPSA) is 66.8 Å². The van der Waals surface area contributed by atoms with Gasteiger partial charge in [0.1, 0.15) is 11.8 Å². The van der Waals surface area contributed by atoms with Gasteiger partial charge in [-0.25, -0.2) is 4.79 Å². The van der Waals surface area contributed by atoms with Gasteiger partial charge >= 0.3 is 5.97 Å². The summed E-state index contributed by atoms with van der Waals surface area (Å²) in [7, 11) is 0. The van der Waals surface area contributed by atoms with Crippen LogP contribution in [0.15, 0.2) is 24.3 Å². The summed E-state index contributed by atoms with van der Waals surface area (Å²) >= 11 is 0. The summed E-state index contributed by atoms with van der Waals surface area (Å²) in [4.78, 5) is 25.2. The minimum atomic E-state index is -0.928. The number of amides is 1. The molecule has 114 valence electrons. The second-order valence-corrected chi connectivity index (χ2v) is 5.54. The Morgan fingerprint density at radius 2 is 1.90 bits per heavy atom. The Morgan fingerprint density at radius 1 is 1.24 bits per heavy atom. The van der Waals surface area contributed by atoms with Crippen LogP contribution in [0.2, 0.25) is 0 Å². The molecule has 5 nitrogen and oxygen atoms in total. The number of carbonyl (C=O) groups is 2. The van der Waals surface area contributed by atoms with E-state index in [9.17, 15) is 14.7 Å². The third-order valence-electron chi connectivity index (χ3n) is 3.52. The van der Waals surface area contributed by atoms with E-state index in [1.165, 1.54) is 4.90 Å². The molecule has 1 saturated heterocycles. The standard InChI is InChI=1S/C16H21NO4/c1-11(2)21-13-8-6-12(7-9-13)15(18)17-10-4-3-5-14(17)16(19)20/h6-9,11,14H,3-5,10H2,1-2H3,(H,19,20)/t14-/m1/s1. The molecule has 1 N–H and O–H groups in total. The lowest BCUT2D eigenvalue weighted by molar-refractivity contribution is -0.143. The van der Waals surface area contributed by atoms with Crippen LogP contribution in [0.25, 0.3) is 0 Å². The van der Waals surface area contributed by atoms with Crippen LogP contribution >= 0.6 is 0 Å². The third kappa shape index (κ3) is 3.74. The first-order valence-electron chi connectivity index (χ1n) is 7.29. The Kier molecular flexibility index (Phi) is 4.83. The van der Waals surface area contributed by atoms with E-state index in [0.29, 0.717) is 24.3 Å². The first kappa shape index (κ1) is 15.4. The van der Waals surface area contributed by atoms with Crippen LogP contribution in [0, 0.1) is 0 Å². The Labute approximate surface area is 124 Å².